The molecule has 0 aliphatic rings. The Morgan fingerprint density at radius 2 is 1.62 bits per heavy atom. The number of aliphatic imine (C=N–C) groups is 1. The van der Waals surface area contributed by atoms with E-state index < -0.39 is 37.2 Å². The van der Waals surface area contributed by atoms with Crippen LogP contribution in [0.25, 0.3) is 0 Å². The highest BCUT2D eigenvalue weighted by molar-refractivity contribution is 7.91. The highest BCUT2D eigenvalue weighted by Gasteiger charge is 2.35. The van der Waals surface area contributed by atoms with Crippen LogP contribution in [0.5, 0.6) is 0 Å². The van der Waals surface area contributed by atoms with Crippen LogP contribution < -0.4 is 0 Å². The zero-order chi connectivity index (χ0) is 18.1. The van der Waals surface area contributed by atoms with Crippen molar-refractivity contribution < 1.29 is 26.4 Å². The van der Waals surface area contributed by atoms with E-state index in [9.17, 15) is 26.4 Å². The van der Waals surface area contributed by atoms with Crippen molar-refractivity contribution in [1.82, 2.24) is 0 Å². The van der Waals surface area contributed by atoms with Gasteiger partial charge in [-0.1, -0.05) is 23.2 Å². The van der Waals surface area contributed by atoms with Crippen LogP contribution in [-0.2, 0) is 20.8 Å². The number of alkyl halides is 3. The summed E-state index contributed by atoms with van der Waals surface area (Å²) in [5.41, 5.74) is -2.02. The number of sulfone groups is 1. The zero-order valence-corrected chi connectivity index (χ0v) is 13.8. The topological polar surface area (TPSA) is 63.6 Å². The molecule has 0 amide bonds. The lowest BCUT2D eigenvalue weighted by molar-refractivity contribution is -0.137. The first-order chi connectivity index (χ1) is 11.1. The number of nitrogens with zero attached hydrogens (tertiary/aromatic N) is 1. The summed E-state index contributed by atoms with van der Waals surface area (Å²) in [5, 5.41) is -0.564. The SMILES string of the molecule is O=C=Nc1cc(C(F)(F)F)c(Cl)cc1S(=O)(=O)c1ccc(Cl)cc1. The molecule has 0 bridgehead atoms. The van der Waals surface area contributed by atoms with Gasteiger partial charge in [-0.15, -0.1) is 0 Å². The average molecular weight is 396 g/mol. The smallest absolute Gasteiger partial charge is 0.218 e. The maximum atomic E-state index is 12.9. The van der Waals surface area contributed by atoms with Gasteiger partial charge in [0.05, 0.1) is 26.1 Å². The molecule has 24 heavy (non-hydrogen) atoms. The second kappa shape index (κ2) is 6.57. The van der Waals surface area contributed by atoms with E-state index in [1.54, 1.807) is 0 Å². The molecule has 0 heterocycles. The molecule has 0 aromatic heterocycles. The molecule has 10 heteroatoms. The summed E-state index contributed by atoms with van der Waals surface area (Å²) in [7, 11) is -4.28. The summed E-state index contributed by atoms with van der Waals surface area (Å²) in [6, 6.07) is 5.90. The van der Waals surface area contributed by atoms with Crippen LogP contribution in [0.4, 0.5) is 18.9 Å². The molecule has 0 spiro atoms. The third-order valence-electron chi connectivity index (χ3n) is 2.93. The van der Waals surface area contributed by atoms with Crippen LogP contribution in [0.2, 0.25) is 10.0 Å². The monoisotopic (exact) mass is 395 g/mol. The Labute approximate surface area is 144 Å². The molecular formula is C14H6Cl2F3NO3S. The summed E-state index contributed by atoms with van der Waals surface area (Å²) in [6.07, 6.45) is -3.81. The fourth-order valence-corrected chi connectivity index (χ4v) is 3.72. The quantitative estimate of drug-likeness (QED) is 0.553. The van der Waals surface area contributed by atoms with Gasteiger partial charge < -0.3 is 0 Å². The van der Waals surface area contributed by atoms with Gasteiger partial charge in [-0.3, -0.25) is 0 Å². The lowest BCUT2D eigenvalue weighted by Gasteiger charge is -2.13. The van der Waals surface area contributed by atoms with Crippen molar-refractivity contribution in [3.63, 3.8) is 0 Å². The third kappa shape index (κ3) is 3.62. The minimum absolute atomic E-state index is 0.245. The molecule has 0 N–H and O–H groups in total. The lowest BCUT2D eigenvalue weighted by Crippen LogP contribution is -2.08. The summed E-state index contributed by atoms with van der Waals surface area (Å²) in [4.78, 5) is 12.6. The first-order valence-electron chi connectivity index (χ1n) is 6.06. The van der Waals surface area contributed by atoms with Crippen molar-refractivity contribution in [1.29, 1.82) is 0 Å². The Kier molecular flexibility index (Phi) is 5.05. The summed E-state index contributed by atoms with van der Waals surface area (Å²) in [5.74, 6) is 0. The fraction of sp³-hybridized carbons (Fsp3) is 0.0714. The number of isocyanates is 1. The van der Waals surface area contributed by atoms with E-state index in [1.165, 1.54) is 12.1 Å². The van der Waals surface area contributed by atoms with E-state index in [0.717, 1.165) is 18.2 Å². The molecule has 0 fully saturated rings. The lowest BCUT2D eigenvalue weighted by atomic mass is 10.2. The minimum atomic E-state index is -4.84. The second-order valence-electron chi connectivity index (χ2n) is 4.46. The first-order valence-corrected chi connectivity index (χ1v) is 8.30. The molecule has 0 saturated carbocycles. The number of benzene rings is 2. The molecule has 0 radical (unpaired) electrons. The first kappa shape index (κ1) is 18.5. The molecule has 4 nitrogen and oxygen atoms in total. The predicted molar refractivity (Wildman–Crippen MR) is 81.1 cm³/mol. The molecule has 0 aliphatic carbocycles. The van der Waals surface area contributed by atoms with Gasteiger partial charge in [-0.25, -0.2) is 13.2 Å². The Hall–Kier alpha value is -1.86. The van der Waals surface area contributed by atoms with Crippen molar-refractivity contribution in [2.24, 2.45) is 4.99 Å². The molecule has 0 saturated heterocycles. The number of rotatable bonds is 3. The Morgan fingerprint density at radius 3 is 2.12 bits per heavy atom. The molecule has 2 aromatic carbocycles. The summed E-state index contributed by atoms with van der Waals surface area (Å²) < 4.78 is 63.8. The third-order valence-corrected chi connectivity index (χ3v) is 5.30. The van der Waals surface area contributed by atoms with Gasteiger partial charge in [0, 0.05) is 5.02 Å². The van der Waals surface area contributed by atoms with Gasteiger partial charge in [0.1, 0.15) is 0 Å². The van der Waals surface area contributed by atoms with Gasteiger partial charge in [0.25, 0.3) is 0 Å². The molecule has 2 rings (SSSR count). The van der Waals surface area contributed by atoms with Crippen LogP contribution in [0.1, 0.15) is 5.56 Å². The zero-order valence-electron chi connectivity index (χ0n) is 11.4. The number of carbonyl (C=O) groups excluding carboxylic acids is 1. The van der Waals surface area contributed by atoms with E-state index in [2.05, 4.69) is 4.99 Å². The van der Waals surface area contributed by atoms with Crippen molar-refractivity contribution in [2.75, 3.05) is 0 Å². The average Bonchev–Trinajstić information content (AvgIpc) is 2.48. The minimum Gasteiger partial charge on any atom is -0.218 e. The van der Waals surface area contributed by atoms with Crippen molar-refractivity contribution in [3.8, 4) is 0 Å². The number of hydrogen-bond donors (Lipinski definition) is 0. The van der Waals surface area contributed by atoms with Gasteiger partial charge >= 0.3 is 6.18 Å². The normalized spacial score (nSPS) is 11.9. The molecule has 0 aliphatic heterocycles. The second-order valence-corrected chi connectivity index (χ2v) is 7.22. The Morgan fingerprint density at radius 1 is 1.04 bits per heavy atom. The van der Waals surface area contributed by atoms with E-state index in [4.69, 9.17) is 23.2 Å². The van der Waals surface area contributed by atoms with E-state index in [0.29, 0.717) is 12.1 Å². The van der Waals surface area contributed by atoms with E-state index in [1.807, 2.05) is 0 Å². The standard InChI is InChI=1S/C14H6Cl2F3NO3S/c15-8-1-3-9(4-2-8)24(22,23)13-6-11(16)10(14(17,18)19)5-12(13)20-7-21/h1-6H. The number of hydrogen-bond acceptors (Lipinski definition) is 4. The fourth-order valence-electron chi connectivity index (χ4n) is 1.85. The Bertz CT molecular complexity index is 935. The maximum absolute atomic E-state index is 12.9. The molecular weight excluding hydrogens is 390 g/mol. The van der Waals surface area contributed by atoms with Crippen LogP contribution in [0, 0.1) is 0 Å². The van der Waals surface area contributed by atoms with Crippen LogP contribution in [0.3, 0.4) is 0 Å². The number of halogens is 5. The van der Waals surface area contributed by atoms with Crippen LogP contribution >= 0.6 is 23.2 Å². The van der Waals surface area contributed by atoms with Crippen molar-refractivity contribution >= 4 is 44.8 Å². The molecule has 126 valence electrons. The van der Waals surface area contributed by atoms with Gasteiger partial charge in [-0.05, 0) is 36.4 Å². The van der Waals surface area contributed by atoms with Gasteiger partial charge in [0.2, 0.25) is 15.9 Å². The largest absolute Gasteiger partial charge is 0.417 e. The van der Waals surface area contributed by atoms with Crippen molar-refractivity contribution in [2.45, 2.75) is 16.0 Å². The van der Waals surface area contributed by atoms with Crippen molar-refractivity contribution in [3.05, 3.63) is 52.0 Å². The molecule has 0 unspecified atom stereocenters. The Balaban J connectivity index is 2.76. The van der Waals surface area contributed by atoms with Gasteiger partial charge in [0.15, 0.2) is 0 Å². The van der Waals surface area contributed by atoms with E-state index in [-0.39, 0.29) is 9.92 Å². The summed E-state index contributed by atoms with van der Waals surface area (Å²) >= 11 is 11.2. The molecule has 0 atom stereocenters. The highest BCUT2D eigenvalue weighted by Crippen LogP contribution is 2.41. The highest BCUT2D eigenvalue weighted by atomic mass is 35.5. The van der Waals surface area contributed by atoms with E-state index >= 15 is 0 Å². The maximum Gasteiger partial charge on any atom is 0.417 e. The van der Waals surface area contributed by atoms with Crippen LogP contribution in [-0.4, -0.2) is 14.5 Å². The van der Waals surface area contributed by atoms with Gasteiger partial charge in [-0.2, -0.15) is 18.2 Å². The van der Waals surface area contributed by atoms with Crippen LogP contribution in [0.15, 0.2) is 51.2 Å². The predicted octanol–water partition coefficient (Wildman–Crippen LogP) is 4.81. The summed E-state index contributed by atoms with van der Waals surface area (Å²) in [6.45, 7) is 0. The molecule has 2 aromatic rings.